The van der Waals surface area contributed by atoms with E-state index < -0.39 is 11.5 Å². The highest BCUT2D eigenvalue weighted by molar-refractivity contribution is 7.18. The Morgan fingerprint density at radius 3 is 2.79 bits per heavy atom. The third-order valence-electron chi connectivity index (χ3n) is 3.84. The Morgan fingerprint density at radius 2 is 2.00 bits per heavy atom. The molecule has 9 heteroatoms. The van der Waals surface area contributed by atoms with Crippen molar-refractivity contribution in [1.29, 1.82) is 0 Å². The van der Waals surface area contributed by atoms with Gasteiger partial charge in [0.1, 0.15) is 16.3 Å². The SMILES string of the molecule is CCOc1ccc2c(C(=O)Nc3nnc(-c4ccncc4)s3)cc(=O)oc2c1. The molecular formula is C19H14N4O4S. The number of nitrogens with zero attached hydrogens (tertiary/aromatic N) is 3. The first-order chi connectivity index (χ1) is 13.6. The number of nitrogens with one attached hydrogen (secondary N) is 1. The van der Waals surface area contributed by atoms with Crippen LogP contribution in [0.15, 0.2) is 58.0 Å². The van der Waals surface area contributed by atoms with E-state index in [0.29, 0.717) is 27.9 Å². The average molecular weight is 394 g/mol. The molecule has 28 heavy (non-hydrogen) atoms. The van der Waals surface area contributed by atoms with Crippen molar-refractivity contribution in [3.63, 3.8) is 0 Å². The van der Waals surface area contributed by atoms with E-state index in [1.165, 1.54) is 11.3 Å². The van der Waals surface area contributed by atoms with Gasteiger partial charge >= 0.3 is 5.63 Å². The monoisotopic (exact) mass is 394 g/mol. The molecule has 4 rings (SSSR count). The summed E-state index contributed by atoms with van der Waals surface area (Å²) in [7, 11) is 0. The molecule has 0 unspecified atom stereocenters. The van der Waals surface area contributed by atoms with Crippen LogP contribution in [0.5, 0.6) is 5.75 Å². The van der Waals surface area contributed by atoms with Crippen molar-refractivity contribution in [2.75, 3.05) is 11.9 Å². The summed E-state index contributed by atoms with van der Waals surface area (Å²) in [4.78, 5) is 28.6. The van der Waals surface area contributed by atoms with E-state index >= 15 is 0 Å². The number of anilines is 1. The average Bonchev–Trinajstić information content (AvgIpc) is 3.16. The van der Waals surface area contributed by atoms with Crippen LogP contribution in [0.4, 0.5) is 5.13 Å². The Kier molecular flexibility index (Phi) is 4.81. The number of amides is 1. The summed E-state index contributed by atoms with van der Waals surface area (Å²) in [6.45, 7) is 2.33. The molecule has 0 saturated heterocycles. The molecule has 140 valence electrons. The van der Waals surface area contributed by atoms with Crippen LogP contribution in [-0.4, -0.2) is 27.7 Å². The molecule has 0 fully saturated rings. The molecule has 0 radical (unpaired) electrons. The number of pyridine rings is 1. The van der Waals surface area contributed by atoms with Gasteiger partial charge in [0.15, 0.2) is 0 Å². The first-order valence-electron chi connectivity index (χ1n) is 8.40. The molecule has 1 aromatic carbocycles. The summed E-state index contributed by atoms with van der Waals surface area (Å²) in [5.41, 5.74) is 0.691. The molecule has 4 aromatic rings. The third-order valence-corrected chi connectivity index (χ3v) is 4.73. The van der Waals surface area contributed by atoms with Crippen LogP contribution in [0.3, 0.4) is 0 Å². The van der Waals surface area contributed by atoms with Gasteiger partial charge in [-0.25, -0.2) is 4.79 Å². The van der Waals surface area contributed by atoms with Gasteiger partial charge < -0.3 is 9.15 Å². The van der Waals surface area contributed by atoms with Crippen molar-refractivity contribution in [3.8, 4) is 16.3 Å². The van der Waals surface area contributed by atoms with Crippen LogP contribution in [0.25, 0.3) is 21.5 Å². The topological polar surface area (TPSA) is 107 Å². The number of hydrogen-bond donors (Lipinski definition) is 1. The molecule has 3 heterocycles. The van der Waals surface area contributed by atoms with Gasteiger partial charge in [0.25, 0.3) is 5.91 Å². The number of benzene rings is 1. The van der Waals surface area contributed by atoms with Gasteiger partial charge in [-0.2, -0.15) is 0 Å². The Bertz CT molecular complexity index is 1200. The summed E-state index contributed by atoms with van der Waals surface area (Å²) < 4.78 is 10.6. The normalized spacial score (nSPS) is 10.8. The minimum atomic E-state index is -0.624. The fourth-order valence-corrected chi connectivity index (χ4v) is 3.38. The number of fused-ring (bicyclic) bond motifs is 1. The van der Waals surface area contributed by atoms with Gasteiger partial charge in [0.2, 0.25) is 5.13 Å². The van der Waals surface area contributed by atoms with Crippen LogP contribution in [0.2, 0.25) is 0 Å². The highest BCUT2D eigenvalue weighted by atomic mass is 32.1. The molecule has 0 atom stereocenters. The van der Waals surface area contributed by atoms with E-state index in [4.69, 9.17) is 9.15 Å². The molecule has 3 aromatic heterocycles. The maximum absolute atomic E-state index is 12.7. The van der Waals surface area contributed by atoms with Crippen LogP contribution in [-0.2, 0) is 0 Å². The number of rotatable bonds is 5. The standard InChI is InChI=1S/C19H14N4O4S/c1-2-26-12-3-4-13-14(10-16(24)27-15(13)9-12)17(25)21-19-23-22-18(28-19)11-5-7-20-8-6-11/h3-10H,2H2,1H3,(H,21,23,25). The summed E-state index contributed by atoms with van der Waals surface area (Å²) in [6, 6.07) is 9.75. The molecule has 1 amide bonds. The zero-order valence-corrected chi connectivity index (χ0v) is 15.5. The Hall–Kier alpha value is -3.59. The molecule has 0 aliphatic heterocycles. The van der Waals surface area contributed by atoms with E-state index in [1.807, 2.05) is 6.92 Å². The smallest absolute Gasteiger partial charge is 0.337 e. The maximum Gasteiger partial charge on any atom is 0.337 e. The number of carbonyl (C=O) groups excluding carboxylic acids is 1. The van der Waals surface area contributed by atoms with Crippen LogP contribution < -0.4 is 15.7 Å². The van der Waals surface area contributed by atoms with Crippen molar-refractivity contribution in [2.24, 2.45) is 0 Å². The number of hydrogen-bond acceptors (Lipinski definition) is 8. The predicted molar refractivity (Wildman–Crippen MR) is 105 cm³/mol. The predicted octanol–water partition coefficient (Wildman–Crippen LogP) is 3.36. The molecule has 0 bridgehead atoms. The van der Waals surface area contributed by atoms with Crippen LogP contribution in [0.1, 0.15) is 17.3 Å². The lowest BCUT2D eigenvalue weighted by atomic mass is 10.1. The van der Waals surface area contributed by atoms with Crippen molar-refractivity contribution in [3.05, 3.63) is 64.8 Å². The van der Waals surface area contributed by atoms with E-state index in [2.05, 4.69) is 20.5 Å². The lowest BCUT2D eigenvalue weighted by Crippen LogP contribution is -2.15. The minimum Gasteiger partial charge on any atom is -0.494 e. The zero-order valence-electron chi connectivity index (χ0n) is 14.7. The van der Waals surface area contributed by atoms with Gasteiger partial charge in [-0.05, 0) is 31.2 Å². The minimum absolute atomic E-state index is 0.190. The Morgan fingerprint density at radius 1 is 1.18 bits per heavy atom. The maximum atomic E-state index is 12.7. The number of aromatic nitrogens is 3. The molecule has 0 saturated carbocycles. The van der Waals surface area contributed by atoms with Gasteiger partial charge in [0.05, 0.1) is 12.2 Å². The van der Waals surface area contributed by atoms with E-state index in [0.717, 1.165) is 11.6 Å². The summed E-state index contributed by atoms with van der Waals surface area (Å²) >= 11 is 1.22. The second kappa shape index (κ2) is 7.57. The first-order valence-corrected chi connectivity index (χ1v) is 9.21. The summed E-state index contributed by atoms with van der Waals surface area (Å²) in [5.74, 6) is 0.0845. The molecule has 1 N–H and O–H groups in total. The van der Waals surface area contributed by atoms with Crippen LogP contribution in [0, 0.1) is 0 Å². The molecular weight excluding hydrogens is 380 g/mol. The van der Waals surface area contributed by atoms with Crippen molar-refractivity contribution < 1.29 is 13.9 Å². The quantitative estimate of drug-likeness (QED) is 0.517. The van der Waals surface area contributed by atoms with Crippen molar-refractivity contribution in [2.45, 2.75) is 6.92 Å². The van der Waals surface area contributed by atoms with Gasteiger partial charge in [0, 0.05) is 35.5 Å². The van der Waals surface area contributed by atoms with Crippen molar-refractivity contribution in [1.82, 2.24) is 15.2 Å². The van der Waals surface area contributed by atoms with Gasteiger partial charge in [-0.15, -0.1) is 10.2 Å². The third kappa shape index (κ3) is 3.60. The Labute approximate surface area is 162 Å². The second-order valence-corrected chi connectivity index (χ2v) is 6.65. The molecule has 0 spiro atoms. The fourth-order valence-electron chi connectivity index (χ4n) is 2.64. The first kappa shape index (κ1) is 17.8. The van der Waals surface area contributed by atoms with Crippen LogP contribution >= 0.6 is 11.3 Å². The summed E-state index contributed by atoms with van der Waals surface area (Å²) in [5, 5.41) is 12.2. The lowest BCUT2D eigenvalue weighted by molar-refractivity contribution is 0.102. The summed E-state index contributed by atoms with van der Waals surface area (Å²) in [6.07, 6.45) is 3.31. The highest BCUT2D eigenvalue weighted by Gasteiger charge is 2.16. The number of ether oxygens (including phenoxy) is 1. The van der Waals surface area contributed by atoms with Gasteiger partial charge in [-0.1, -0.05) is 11.3 Å². The van der Waals surface area contributed by atoms with E-state index in [-0.39, 0.29) is 11.1 Å². The largest absolute Gasteiger partial charge is 0.494 e. The fraction of sp³-hybridized carbons (Fsp3) is 0.105. The molecule has 8 nitrogen and oxygen atoms in total. The highest BCUT2D eigenvalue weighted by Crippen LogP contribution is 2.27. The van der Waals surface area contributed by atoms with Crippen molar-refractivity contribution >= 4 is 33.3 Å². The van der Waals surface area contributed by atoms with Gasteiger partial charge in [-0.3, -0.25) is 15.1 Å². The zero-order chi connectivity index (χ0) is 19.5. The number of carbonyl (C=O) groups is 1. The van der Waals surface area contributed by atoms with E-state index in [1.54, 1.807) is 42.7 Å². The lowest BCUT2D eigenvalue weighted by Gasteiger charge is -2.07. The Balaban J connectivity index is 1.64. The molecule has 0 aliphatic carbocycles. The van der Waals surface area contributed by atoms with E-state index in [9.17, 15) is 9.59 Å². The second-order valence-electron chi connectivity index (χ2n) is 5.67. The molecule has 0 aliphatic rings.